The van der Waals surface area contributed by atoms with Crippen LogP contribution >= 0.6 is 0 Å². The van der Waals surface area contributed by atoms with Gasteiger partial charge in [-0.15, -0.1) is 0 Å². The monoisotopic (exact) mass is 421 g/mol. The molecule has 1 N–H and O–H groups in total. The van der Waals surface area contributed by atoms with E-state index in [2.05, 4.69) is 9.88 Å². The molecule has 2 rings (SSSR count). The van der Waals surface area contributed by atoms with Gasteiger partial charge in [0.05, 0.1) is 18.0 Å². The second-order valence-electron chi connectivity index (χ2n) is 10.0. The lowest BCUT2D eigenvalue weighted by molar-refractivity contribution is 0.0428. The van der Waals surface area contributed by atoms with Crippen LogP contribution in [0, 0.1) is 11.8 Å². The Kier molecular flexibility index (Phi) is 7.01. The van der Waals surface area contributed by atoms with Crippen LogP contribution < -0.4 is 9.80 Å². The van der Waals surface area contributed by atoms with E-state index < -0.39 is 29.5 Å². The summed E-state index contributed by atoms with van der Waals surface area (Å²) in [6.07, 6.45) is 1.01. The molecule has 0 saturated carbocycles. The Morgan fingerprint density at radius 1 is 1.03 bits per heavy atom. The molecule has 8 nitrogen and oxygen atoms in total. The third-order valence-electron chi connectivity index (χ3n) is 4.69. The van der Waals surface area contributed by atoms with Gasteiger partial charge in [-0.05, 0) is 59.4 Å². The van der Waals surface area contributed by atoms with Crippen molar-refractivity contribution in [1.82, 2.24) is 4.98 Å². The number of nitrogens with zero attached hydrogens (tertiary/aromatic N) is 3. The summed E-state index contributed by atoms with van der Waals surface area (Å²) in [6.45, 7) is 15.5. The number of piperidine rings is 1. The predicted molar refractivity (Wildman–Crippen MR) is 116 cm³/mol. The summed E-state index contributed by atoms with van der Waals surface area (Å²) in [7, 11) is 0. The van der Waals surface area contributed by atoms with Crippen molar-refractivity contribution >= 4 is 23.6 Å². The first kappa shape index (κ1) is 23.9. The zero-order valence-corrected chi connectivity index (χ0v) is 19.3. The maximum absolute atomic E-state index is 13.0. The first-order valence-electron chi connectivity index (χ1n) is 10.3. The Labute approximate surface area is 179 Å². The van der Waals surface area contributed by atoms with Crippen LogP contribution in [0.15, 0.2) is 18.5 Å². The normalized spacial score (nSPS) is 22.4. The number of anilines is 2. The van der Waals surface area contributed by atoms with Crippen LogP contribution in [-0.4, -0.2) is 52.7 Å². The van der Waals surface area contributed by atoms with Gasteiger partial charge in [0.25, 0.3) is 0 Å². The molecule has 168 valence electrons. The van der Waals surface area contributed by atoms with Crippen LogP contribution in [0.3, 0.4) is 0 Å². The van der Waals surface area contributed by atoms with Crippen LogP contribution in [0.2, 0.25) is 0 Å². The standard InChI is InChI=1S/C22H35N3O5/c1-14-12-24(13-15(2)18(14)26)16-9-10-23-11-17(16)25(19(27)29-21(3,4)5)20(28)30-22(6,7)8/h9-11,14-15,18,26H,12-13H2,1-8H3/t14-,15+,18?. The van der Waals surface area contributed by atoms with Gasteiger partial charge in [0, 0.05) is 19.3 Å². The molecule has 30 heavy (non-hydrogen) atoms. The number of rotatable bonds is 2. The molecule has 1 unspecified atom stereocenters. The Morgan fingerprint density at radius 3 is 1.93 bits per heavy atom. The lowest BCUT2D eigenvalue weighted by Crippen LogP contribution is -2.49. The molecule has 1 aromatic heterocycles. The largest absolute Gasteiger partial charge is 0.443 e. The van der Waals surface area contributed by atoms with Crippen molar-refractivity contribution in [2.75, 3.05) is 22.9 Å². The average Bonchev–Trinajstić information content (AvgIpc) is 2.56. The van der Waals surface area contributed by atoms with E-state index in [4.69, 9.17) is 9.47 Å². The first-order chi connectivity index (χ1) is 13.7. The molecule has 1 aromatic rings. The highest BCUT2D eigenvalue weighted by molar-refractivity contribution is 6.11. The zero-order chi connectivity index (χ0) is 22.9. The number of aliphatic hydroxyl groups is 1. The molecule has 2 heterocycles. The summed E-state index contributed by atoms with van der Waals surface area (Å²) in [6, 6.07) is 1.76. The lowest BCUT2D eigenvalue weighted by Gasteiger charge is -2.41. The molecule has 0 spiro atoms. The van der Waals surface area contributed by atoms with E-state index in [1.807, 2.05) is 13.8 Å². The van der Waals surface area contributed by atoms with Crippen LogP contribution in [-0.2, 0) is 9.47 Å². The molecule has 1 saturated heterocycles. The molecule has 2 amide bonds. The van der Waals surface area contributed by atoms with Gasteiger partial charge in [0.1, 0.15) is 16.9 Å². The number of pyridine rings is 1. The highest BCUT2D eigenvalue weighted by atomic mass is 16.6. The van der Waals surface area contributed by atoms with Crippen LogP contribution in [0.25, 0.3) is 0 Å². The van der Waals surface area contributed by atoms with Crippen LogP contribution in [0.1, 0.15) is 55.4 Å². The van der Waals surface area contributed by atoms with Crippen LogP contribution in [0.4, 0.5) is 21.0 Å². The highest BCUT2D eigenvalue weighted by Crippen LogP contribution is 2.35. The Bertz CT molecular complexity index is 729. The van der Waals surface area contributed by atoms with E-state index in [9.17, 15) is 14.7 Å². The quantitative estimate of drug-likeness (QED) is 0.764. The van der Waals surface area contributed by atoms with E-state index in [1.165, 1.54) is 6.20 Å². The third kappa shape index (κ3) is 6.08. The second kappa shape index (κ2) is 8.79. The summed E-state index contributed by atoms with van der Waals surface area (Å²) in [5.74, 6) is 0.0672. The fraction of sp³-hybridized carbons (Fsp3) is 0.682. The second-order valence-corrected chi connectivity index (χ2v) is 10.0. The lowest BCUT2D eigenvalue weighted by atomic mass is 9.88. The molecule has 0 aliphatic carbocycles. The Morgan fingerprint density at radius 2 is 1.50 bits per heavy atom. The van der Waals surface area contributed by atoms with E-state index in [1.54, 1.807) is 53.8 Å². The topological polar surface area (TPSA) is 92.2 Å². The minimum Gasteiger partial charge on any atom is -0.443 e. The van der Waals surface area contributed by atoms with E-state index in [0.29, 0.717) is 18.8 Å². The summed E-state index contributed by atoms with van der Waals surface area (Å²) in [5, 5.41) is 10.3. The minimum atomic E-state index is -0.829. The molecule has 1 aliphatic heterocycles. The SMILES string of the molecule is C[C@@H]1CN(c2ccncc2N(C(=O)OC(C)(C)C)C(=O)OC(C)(C)C)C[C@H](C)C1O. The molecule has 3 atom stereocenters. The predicted octanol–water partition coefficient (Wildman–Crippen LogP) is 4.21. The highest BCUT2D eigenvalue weighted by Gasteiger charge is 2.37. The fourth-order valence-corrected chi connectivity index (χ4v) is 3.45. The summed E-state index contributed by atoms with van der Waals surface area (Å²) < 4.78 is 11.0. The maximum atomic E-state index is 13.0. The Balaban J connectivity index is 2.48. The number of amides is 2. The van der Waals surface area contributed by atoms with Crippen molar-refractivity contribution in [2.24, 2.45) is 11.8 Å². The summed E-state index contributed by atoms with van der Waals surface area (Å²) in [5.41, 5.74) is -0.639. The van der Waals surface area contributed by atoms with E-state index in [0.717, 1.165) is 4.90 Å². The number of aliphatic hydroxyl groups excluding tert-OH is 1. The summed E-state index contributed by atoms with van der Waals surface area (Å²) in [4.78, 5) is 33.1. The average molecular weight is 422 g/mol. The van der Waals surface area contributed by atoms with Crippen molar-refractivity contribution in [2.45, 2.75) is 72.7 Å². The fourth-order valence-electron chi connectivity index (χ4n) is 3.45. The van der Waals surface area contributed by atoms with Crippen molar-refractivity contribution in [3.8, 4) is 0 Å². The molecular weight excluding hydrogens is 386 g/mol. The van der Waals surface area contributed by atoms with Crippen molar-refractivity contribution in [1.29, 1.82) is 0 Å². The van der Waals surface area contributed by atoms with Crippen molar-refractivity contribution < 1.29 is 24.2 Å². The number of hydrogen-bond donors (Lipinski definition) is 1. The molecule has 1 aliphatic rings. The van der Waals surface area contributed by atoms with E-state index in [-0.39, 0.29) is 17.5 Å². The van der Waals surface area contributed by atoms with Gasteiger partial charge in [-0.25, -0.2) is 9.59 Å². The molecule has 0 bridgehead atoms. The van der Waals surface area contributed by atoms with Crippen LogP contribution in [0.5, 0.6) is 0 Å². The van der Waals surface area contributed by atoms with Crippen molar-refractivity contribution in [3.63, 3.8) is 0 Å². The molecule has 0 aromatic carbocycles. The van der Waals surface area contributed by atoms with E-state index >= 15 is 0 Å². The molecule has 1 fully saturated rings. The van der Waals surface area contributed by atoms with Gasteiger partial charge < -0.3 is 19.5 Å². The smallest absolute Gasteiger partial charge is 0.424 e. The van der Waals surface area contributed by atoms with Gasteiger partial charge in [0.15, 0.2) is 0 Å². The van der Waals surface area contributed by atoms with Gasteiger partial charge in [-0.1, -0.05) is 13.8 Å². The third-order valence-corrected chi connectivity index (χ3v) is 4.69. The molecular formula is C22H35N3O5. The minimum absolute atomic E-state index is 0.0336. The van der Waals surface area contributed by atoms with Crippen molar-refractivity contribution in [3.05, 3.63) is 18.5 Å². The first-order valence-corrected chi connectivity index (χ1v) is 10.3. The number of ether oxygens (including phenoxy) is 2. The molecule has 8 heteroatoms. The zero-order valence-electron chi connectivity index (χ0n) is 19.3. The van der Waals surface area contributed by atoms with Gasteiger partial charge >= 0.3 is 12.2 Å². The summed E-state index contributed by atoms with van der Waals surface area (Å²) >= 11 is 0. The van der Waals surface area contributed by atoms with Gasteiger partial charge in [-0.2, -0.15) is 4.90 Å². The number of imide groups is 1. The number of hydrogen-bond acceptors (Lipinski definition) is 7. The van der Waals surface area contributed by atoms with Gasteiger partial charge in [-0.3, -0.25) is 4.98 Å². The molecule has 0 radical (unpaired) electrons. The van der Waals surface area contributed by atoms with Gasteiger partial charge in [0.2, 0.25) is 0 Å². The number of carbonyl (C=O) groups excluding carboxylic acids is 2. The Hall–Kier alpha value is -2.35. The number of aromatic nitrogens is 1. The number of carbonyl (C=O) groups is 2. The maximum Gasteiger partial charge on any atom is 0.424 e.